The van der Waals surface area contributed by atoms with Gasteiger partial charge < -0.3 is 5.32 Å². The van der Waals surface area contributed by atoms with Crippen LogP contribution in [0.5, 0.6) is 0 Å². The van der Waals surface area contributed by atoms with Gasteiger partial charge in [0.15, 0.2) is 11.6 Å². The van der Waals surface area contributed by atoms with Crippen molar-refractivity contribution in [2.24, 2.45) is 5.92 Å². The molecule has 0 bridgehead atoms. The molecule has 3 heteroatoms. The van der Waals surface area contributed by atoms with Crippen LogP contribution in [-0.4, -0.2) is 6.04 Å². The molecular weight excluding hydrogens is 232 g/mol. The van der Waals surface area contributed by atoms with Gasteiger partial charge in [-0.3, -0.25) is 0 Å². The molecule has 0 heterocycles. The highest BCUT2D eigenvalue weighted by Gasteiger charge is 2.08. The van der Waals surface area contributed by atoms with Crippen LogP contribution < -0.4 is 5.32 Å². The summed E-state index contributed by atoms with van der Waals surface area (Å²) in [4.78, 5) is 0. The Bertz CT molecular complexity index is 364. The molecule has 0 amide bonds. The predicted octanol–water partition coefficient (Wildman–Crippen LogP) is 4.27. The van der Waals surface area contributed by atoms with Gasteiger partial charge in [-0.05, 0) is 25.3 Å². The minimum absolute atomic E-state index is 0.325. The van der Waals surface area contributed by atoms with Gasteiger partial charge >= 0.3 is 0 Å². The Morgan fingerprint density at radius 1 is 1.11 bits per heavy atom. The summed E-state index contributed by atoms with van der Waals surface area (Å²) in [7, 11) is 0. The second-order valence-electron chi connectivity index (χ2n) is 5.32. The molecule has 0 aromatic heterocycles. The van der Waals surface area contributed by atoms with Crippen molar-refractivity contribution in [1.29, 1.82) is 0 Å². The quantitative estimate of drug-likeness (QED) is 0.767. The number of nitrogens with one attached hydrogen (secondary N) is 1. The van der Waals surface area contributed by atoms with Crippen LogP contribution in [0.15, 0.2) is 18.2 Å². The Hall–Kier alpha value is -0.960. The molecule has 0 saturated heterocycles. The van der Waals surface area contributed by atoms with E-state index >= 15 is 0 Å². The van der Waals surface area contributed by atoms with Gasteiger partial charge in [0.25, 0.3) is 0 Å². The van der Waals surface area contributed by atoms with E-state index in [0.717, 1.165) is 24.8 Å². The Morgan fingerprint density at radius 2 is 1.83 bits per heavy atom. The molecule has 102 valence electrons. The van der Waals surface area contributed by atoms with Crippen LogP contribution in [-0.2, 0) is 6.54 Å². The molecule has 1 nitrogen and oxygen atoms in total. The number of hydrogen-bond donors (Lipinski definition) is 1. The maximum Gasteiger partial charge on any atom is 0.163 e. The van der Waals surface area contributed by atoms with E-state index in [2.05, 4.69) is 26.1 Å². The Morgan fingerprint density at radius 3 is 2.50 bits per heavy atom. The van der Waals surface area contributed by atoms with E-state index in [1.807, 2.05) is 0 Å². The van der Waals surface area contributed by atoms with E-state index in [1.165, 1.54) is 6.42 Å². The standard InChI is InChI=1S/C15H23F2N/c1-11(2)6-4-7-12(3)18-10-13-8-5-9-14(16)15(13)17/h5,8-9,11-12,18H,4,6-7,10H2,1-3H3. The fourth-order valence-electron chi connectivity index (χ4n) is 1.90. The lowest BCUT2D eigenvalue weighted by atomic mass is 10.0. The van der Waals surface area contributed by atoms with E-state index < -0.39 is 11.6 Å². The maximum absolute atomic E-state index is 13.4. The molecule has 1 rings (SSSR count). The van der Waals surface area contributed by atoms with Crippen LogP contribution >= 0.6 is 0 Å². The average Bonchev–Trinajstić information content (AvgIpc) is 2.30. The zero-order chi connectivity index (χ0) is 13.5. The molecule has 1 N–H and O–H groups in total. The second kappa shape index (κ2) is 7.47. The molecule has 1 unspecified atom stereocenters. The third-order valence-electron chi connectivity index (χ3n) is 3.09. The Kier molecular flexibility index (Phi) is 6.27. The topological polar surface area (TPSA) is 12.0 Å². The van der Waals surface area contributed by atoms with Gasteiger partial charge in [0.1, 0.15) is 0 Å². The average molecular weight is 255 g/mol. The number of rotatable bonds is 7. The normalized spacial score (nSPS) is 13.0. The van der Waals surface area contributed by atoms with Crippen molar-refractivity contribution >= 4 is 0 Å². The summed E-state index contributed by atoms with van der Waals surface area (Å²) in [6.45, 7) is 6.88. The second-order valence-corrected chi connectivity index (χ2v) is 5.32. The number of benzene rings is 1. The zero-order valence-corrected chi connectivity index (χ0v) is 11.5. The molecule has 0 fully saturated rings. The first-order valence-corrected chi connectivity index (χ1v) is 6.67. The van der Waals surface area contributed by atoms with Gasteiger partial charge in [-0.1, -0.05) is 38.8 Å². The first-order chi connectivity index (χ1) is 8.50. The summed E-state index contributed by atoms with van der Waals surface area (Å²) in [5.74, 6) is -0.793. The minimum Gasteiger partial charge on any atom is -0.310 e. The molecular formula is C15H23F2N. The number of halogens is 2. The molecule has 0 spiro atoms. The number of hydrogen-bond acceptors (Lipinski definition) is 1. The minimum atomic E-state index is -0.776. The molecule has 1 aromatic carbocycles. The van der Waals surface area contributed by atoms with Gasteiger partial charge in [-0.25, -0.2) is 8.78 Å². The van der Waals surface area contributed by atoms with Gasteiger partial charge in [0.2, 0.25) is 0 Å². The van der Waals surface area contributed by atoms with Crippen LogP contribution in [0.25, 0.3) is 0 Å². The first-order valence-electron chi connectivity index (χ1n) is 6.67. The summed E-state index contributed by atoms with van der Waals surface area (Å²) in [5.41, 5.74) is 0.394. The third kappa shape index (κ3) is 5.13. The fourth-order valence-corrected chi connectivity index (χ4v) is 1.90. The summed E-state index contributed by atoms with van der Waals surface area (Å²) in [5, 5.41) is 3.23. The van der Waals surface area contributed by atoms with Crippen molar-refractivity contribution in [3.63, 3.8) is 0 Å². The monoisotopic (exact) mass is 255 g/mol. The van der Waals surface area contributed by atoms with E-state index in [0.29, 0.717) is 18.2 Å². The Balaban J connectivity index is 2.33. The van der Waals surface area contributed by atoms with E-state index in [9.17, 15) is 8.78 Å². The van der Waals surface area contributed by atoms with Crippen molar-refractivity contribution in [2.75, 3.05) is 0 Å². The van der Waals surface area contributed by atoms with Gasteiger partial charge in [-0.2, -0.15) is 0 Å². The highest BCUT2D eigenvalue weighted by atomic mass is 19.2. The molecule has 0 saturated carbocycles. The molecule has 0 aliphatic rings. The highest BCUT2D eigenvalue weighted by molar-refractivity contribution is 5.18. The van der Waals surface area contributed by atoms with Gasteiger partial charge in [-0.15, -0.1) is 0 Å². The van der Waals surface area contributed by atoms with Crippen molar-refractivity contribution in [2.45, 2.75) is 52.6 Å². The van der Waals surface area contributed by atoms with Crippen molar-refractivity contribution < 1.29 is 8.78 Å². The van der Waals surface area contributed by atoms with Crippen LogP contribution in [0.4, 0.5) is 8.78 Å². The van der Waals surface area contributed by atoms with Crippen LogP contribution in [0, 0.1) is 17.6 Å². The summed E-state index contributed by atoms with van der Waals surface area (Å²) in [6.07, 6.45) is 3.44. The fraction of sp³-hybridized carbons (Fsp3) is 0.600. The lowest BCUT2D eigenvalue weighted by molar-refractivity contribution is 0.445. The summed E-state index contributed by atoms with van der Waals surface area (Å²) < 4.78 is 26.4. The van der Waals surface area contributed by atoms with Crippen molar-refractivity contribution in [1.82, 2.24) is 5.32 Å². The van der Waals surface area contributed by atoms with Crippen LogP contribution in [0.1, 0.15) is 45.6 Å². The lowest BCUT2D eigenvalue weighted by Crippen LogP contribution is -2.26. The van der Waals surface area contributed by atoms with E-state index in [1.54, 1.807) is 12.1 Å². The molecule has 0 aliphatic heterocycles. The van der Waals surface area contributed by atoms with Crippen LogP contribution in [0.2, 0.25) is 0 Å². The third-order valence-corrected chi connectivity index (χ3v) is 3.09. The Labute approximate surface area is 109 Å². The maximum atomic E-state index is 13.4. The molecule has 18 heavy (non-hydrogen) atoms. The van der Waals surface area contributed by atoms with E-state index in [4.69, 9.17) is 0 Å². The van der Waals surface area contributed by atoms with Gasteiger partial charge in [0, 0.05) is 18.2 Å². The molecule has 0 radical (unpaired) electrons. The van der Waals surface area contributed by atoms with Crippen molar-refractivity contribution in [3.8, 4) is 0 Å². The summed E-state index contributed by atoms with van der Waals surface area (Å²) in [6, 6.07) is 4.63. The highest BCUT2D eigenvalue weighted by Crippen LogP contribution is 2.12. The first kappa shape index (κ1) is 15.1. The molecule has 1 aromatic rings. The lowest BCUT2D eigenvalue weighted by Gasteiger charge is -2.15. The largest absolute Gasteiger partial charge is 0.310 e. The van der Waals surface area contributed by atoms with Crippen LogP contribution in [0.3, 0.4) is 0 Å². The van der Waals surface area contributed by atoms with E-state index in [-0.39, 0.29) is 0 Å². The predicted molar refractivity (Wildman–Crippen MR) is 71.3 cm³/mol. The van der Waals surface area contributed by atoms with Crippen molar-refractivity contribution in [3.05, 3.63) is 35.4 Å². The molecule has 0 aliphatic carbocycles. The zero-order valence-electron chi connectivity index (χ0n) is 11.5. The summed E-state index contributed by atoms with van der Waals surface area (Å²) >= 11 is 0. The smallest absolute Gasteiger partial charge is 0.163 e. The SMILES string of the molecule is CC(C)CCCC(C)NCc1cccc(F)c1F. The molecule has 1 atom stereocenters. The van der Waals surface area contributed by atoms with Gasteiger partial charge in [0.05, 0.1) is 0 Å².